The van der Waals surface area contributed by atoms with Crippen molar-refractivity contribution in [2.24, 2.45) is 0 Å². The average molecular weight is 412 g/mol. The summed E-state index contributed by atoms with van der Waals surface area (Å²) in [6, 6.07) is 10.4. The Hall–Kier alpha value is -3.55. The van der Waals surface area contributed by atoms with Crippen LogP contribution < -0.4 is 5.32 Å². The normalized spacial score (nSPS) is 10.7. The number of carbonyl (C=O) groups excluding carboxylic acids is 2. The Morgan fingerprint density at radius 1 is 1.13 bits per heavy atom. The minimum absolute atomic E-state index is 0.0591. The van der Waals surface area contributed by atoms with Gasteiger partial charge in [0.2, 0.25) is 5.91 Å². The van der Waals surface area contributed by atoms with Gasteiger partial charge in [-0.2, -0.15) is 5.10 Å². The zero-order valence-electron chi connectivity index (χ0n) is 17.2. The van der Waals surface area contributed by atoms with Crippen molar-refractivity contribution in [3.05, 3.63) is 76.6 Å². The second-order valence-electron chi connectivity index (χ2n) is 7.08. The molecule has 8 heteroatoms. The molecule has 2 aromatic carbocycles. The standard InChI is InChI=1S/C22H22F2N4O2/c1-13-21(14(2)28(26-13)20-9-8-17(23)11-19(20)24)22(30)25-18-7-5-6-16(10-18)12-27(4)15(3)29/h5-11H,12H2,1-4H3,(H,25,30). The maximum absolute atomic E-state index is 14.2. The third-order valence-corrected chi connectivity index (χ3v) is 4.80. The molecule has 0 unspecified atom stereocenters. The summed E-state index contributed by atoms with van der Waals surface area (Å²) in [4.78, 5) is 25.9. The molecule has 1 heterocycles. The number of benzene rings is 2. The highest BCUT2D eigenvalue weighted by Crippen LogP contribution is 2.22. The third-order valence-electron chi connectivity index (χ3n) is 4.80. The smallest absolute Gasteiger partial charge is 0.259 e. The summed E-state index contributed by atoms with van der Waals surface area (Å²) >= 11 is 0. The molecule has 0 aliphatic heterocycles. The van der Waals surface area contributed by atoms with Crippen LogP contribution in [-0.4, -0.2) is 33.5 Å². The first kappa shape index (κ1) is 21.2. The van der Waals surface area contributed by atoms with Gasteiger partial charge in [-0.05, 0) is 43.7 Å². The molecule has 6 nitrogen and oxygen atoms in total. The molecule has 0 radical (unpaired) electrons. The predicted octanol–water partition coefficient (Wildman–Crippen LogP) is 4.00. The third kappa shape index (κ3) is 4.37. The summed E-state index contributed by atoms with van der Waals surface area (Å²) in [6.45, 7) is 5.20. The van der Waals surface area contributed by atoms with Crippen molar-refractivity contribution in [1.82, 2.24) is 14.7 Å². The highest BCUT2D eigenvalue weighted by molar-refractivity contribution is 6.06. The number of carbonyl (C=O) groups is 2. The van der Waals surface area contributed by atoms with E-state index >= 15 is 0 Å². The van der Waals surface area contributed by atoms with Crippen molar-refractivity contribution in [3.8, 4) is 5.69 Å². The number of nitrogens with one attached hydrogen (secondary N) is 1. The van der Waals surface area contributed by atoms with Crippen LogP contribution in [0.4, 0.5) is 14.5 Å². The summed E-state index contributed by atoms with van der Waals surface area (Å²) in [5.41, 5.74) is 2.65. The summed E-state index contributed by atoms with van der Waals surface area (Å²) in [5, 5.41) is 7.08. The van der Waals surface area contributed by atoms with Gasteiger partial charge < -0.3 is 10.2 Å². The van der Waals surface area contributed by atoms with Gasteiger partial charge in [0.25, 0.3) is 5.91 Å². The maximum atomic E-state index is 14.2. The zero-order chi connectivity index (χ0) is 22.0. The van der Waals surface area contributed by atoms with E-state index in [9.17, 15) is 18.4 Å². The Labute approximate surface area is 173 Å². The molecule has 3 aromatic rings. The van der Waals surface area contributed by atoms with E-state index in [2.05, 4.69) is 10.4 Å². The van der Waals surface area contributed by atoms with E-state index in [0.717, 1.165) is 17.7 Å². The number of hydrogen-bond acceptors (Lipinski definition) is 3. The monoisotopic (exact) mass is 412 g/mol. The van der Waals surface area contributed by atoms with Gasteiger partial charge in [0, 0.05) is 32.3 Å². The van der Waals surface area contributed by atoms with Gasteiger partial charge in [0.1, 0.15) is 11.5 Å². The van der Waals surface area contributed by atoms with E-state index in [4.69, 9.17) is 0 Å². The Kier molecular flexibility index (Phi) is 5.96. The highest BCUT2D eigenvalue weighted by atomic mass is 19.1. The SMILES string of the molecule is CC(=O)N(C)Cc1cccc(NC(=O)c2c(C)nn(-c3ccc(F)cc3F)c2C)c1. The van der Waals surface area contributed by atoms with Gasteiger partial charge in [-0.25, -0.2) is 13.5 Å². The van der Waals surface area contributed by atoms with Crippen molar-refractivity contribution in [1.29, 1.82) is 0 Å². The van der Waals surface area contributed by atoms with E-state index in [0.29, 0.717) is 29.2 Å². The Morgan fingerprint density at radius 3 is 2.53 bits per heavy atom. The van der Waals surface area contributed by atoms with Crippen LogP contribution in [0.3, 0.4) is 0 Å². The molecule has 0 aliphatic rings. The van der Waals surface area contributed by atoms with Gasteiger partial charge in [-0.3, -0.25) is 9.59 Å². The number of halogens is 2. The number of aromatic nitrogens is 2. The molecule has 1 N–H and O–H groups in total. The lowest BCUT2D eigenvalue weighted by Gasteiger charge is -2.15. The zero-order valence-corrected chi connectivity index (χ0v) is 17.2. The first-order chi connectivity index (χ1) is 14.2. The minimum atomic E-state index is -0.769. The van der Waals surface area contributed by atoms with Crippen LogP contribution in [0, 0.1) is 25.5 Å². The van der Waals surface area contributed by atoms with Crippen LogP contribution in [0.2, 0.25) is 0 Å². The number of hydrogen-bond donors (Lipinski definition) is 1. The lowest BCUT2D eigenvalue weighted by Crippen LogP contribution is -2.23. The van der Waals surface area contributed by atoms with Gasteiger partial charge in [0.05, 0.1) is 17.0 Å². The summed E-state index contributed by atoms with van der Waals surface area (Å²) in [7, 11) is 1.70. The summed E-state index contributed by atoms with van der Waals surface area (Å²) in [6.07, 6.45) is 0. The first-order valence-electron chi connectivity index (χ1n) is 9.31. The number of amides is 2. The van der Waals surface area contributed by atoms with E-state index in [1.807, 2.05) is 6.07 Å². The highest BCUT2D eigenvalue weighted by Gasteiger charge is 2.21. The quantitative estimate of drug-likeness (QED) is 0.689. The van der Waals surface area contributed by atoms with Crippen LogP contribution in [0.5, 0.6) is 0 Å². The summed E-state index contributed by atoms with van der Waals surface area (Å²) in [5.74, 6) is -1.91. The minimum Gasteiger partial charge on any atom is -0.342 e. The molecule has 30 heavy (non-hydrogen) atoms. The largest absolute Gasteiger partial charge is 0.342 e. The molecule has 1 aromatic heterocycles. The molecule has 0 spiro atoms. The summed E-state index contributed by atoms with van der Waals surface area (Å²) < 4.78 is 28.7. The van der Waals surface area contributed by atoms with Crippen LogP contribution in [-0.2, 0) is 11.3 Å². The Morgan fingerprint density at radius 2 is 1.87 bits per heavy atom. The molecule has 0 saturated heterocycles. The topological polar surface area (TPSA) is 67.2 Å². The molecule has 3 rings (SSSR count). The molecule has 0 bridgehead atoms. The van der Waals surface area contributed by atoms with Crippen molar-refractivity contribution in [2.45, 2.75) is 27.3 Å². The number of aryl methyl sites for hydroxylation is 1. The Balaban J connectivity index is 1.86. The van der Waals surface area contributed by atoms with Crippen LogP contribution in [0.1, 0.15) is 34.2 Å². The lowest BCUT2D eigenvalue weighted by atomic mass is 10.1. The fraction of sp³-hybridized carbons (Fsp3) is 0.227. The number of anilines is 1. The molecule has 2 amide bonds. The molecular formula is C22H22F2N4O2. The van der Waals surface area contributed by atoms with Crippen LogP contribution in [0.15, 0.2) is 42.5 Å². The van der Waals surface area contributed by atoms with Crippen molar-refractivity contribution in [3.63, 3.8) is 0 Å². The van der Waals surface area contributed by atoms with E-state index in [1.54, 1.807) is 44.0 Å². The molecule has 0 fully saturated rings. The van der Waals surface area contributed by atoms with E-state index < -0.39 is 17.5 Å². The molecule has 0 saturated carbocycles. The number of nitrogens with zero attached hydrogens (tertiary/aromatic N) is 3. The van der Waals surface area contributed by atoms with Crippen LogP contribution in [0.25, 0.3) is 5.69 Å². The maximum Gasteiger partial charge on any atom is 0.259 e. The molecule has 0 atom stereocenters. The molecular weight excluding hydrogens is 390 g/mol. The van der Waals surface area contributed by atoms with Crippen LogP contribution >= 0.6 is 0 Å². The van der Waals surface area contributed by atoms with Crippen molar-refractivity contribution >= 4 is 17.5 Å². The second-order valence-corrected chi connectivity index (χ2v) is 7.08. The van der Waals surface area contributed by atoms with Gasteiger partial charge in [0.15, 0.2) is 5.82 Å². The Bertz CT molecular complexity index is 1120. The lowest BCUT2D eigenvalue weighted by molar-refractivity contribution is -0.128. The average Bonchev–Trinajstić information content (AvgIpc) is 2.96. The van der Waals surface area contributed by atoms with E-state index in [-0.39, 0.29) is 11.6 Å². The van der Waals surface area contributed by atoms with Gasteiger partial charge in [-0.1, -0.05) is 12.1 Å². The second kappa shape index (κ2) is 8.44. The first-order valence-corrected chi connectivity index (χ1v) is 9.31. The van der Waals surface area contributed by atoms with Gasteiger partial charge >= 0.3 is 0 Å². The fourth-order valence-electron chi connectivity index (χ4n) is 3.19. The van der Waals surface area contributed by atoms with Crippen molar-refractivity contribution in [2.75, 3.05) is 12.4 Å². The predicted molar refractivity (Wildman–Crippen MR) is 109 cm³/mol. The van der Waals surface area contributed by atoms with E-state index in [1.165, 1.54) is 17.7 Å². The fourth-order valence-corrected chi connectivity index (χ4v) is 3.19. The van der Waals surface area contributed by atoms with Crippen molar-refractivity contribution < 1.29 is 18.4 Å². The number of rotatable bonds is 5. The van der Waals surface area contributed by atoms with Gasteiger partial charge in [-0.15, -0.1) is 0 Å². The molecule has 156 valence electrons. The molecule has 0 aliphatic carbocycles.